The first kappa shape index (κ1) is 19.5. The molecule has 1 unspecified atom stereocenters. The van der Waals surface area contributed by atoms with Crippen molar-refractivity contribution in [2.75, 3.05) is 30.8 Å². The zero-order valence-electron chi connectivity index (χ0n) is 15.4. The summed E-state index contributed by atoms with van der Waals surface area (Å²) < 4.78 is 2.70. The van der Waals surface area contributed by atoms with Crippen molar-refractivity contribution in [3.05, 3.63) is 35.1 Å². The second-order valence-electron chi connectivity index (χ2n) is 6.87. The Labute approximate surface area is 166 Å². The van der Waals surface area contributed by atoms with Gasteiger partial charge in [0.2, 0.25) is 11.8 Å². The molecule has 2 N–H and O–H groups in total. The third-order valence-corrected chi connectivity index (χ3v) is 4.92. The number of aromatic nitrogens is 3. The summed E-state index contributed by atoms with van der Waals surface area (Å²) in [4.78, 5) is 30.1. The summed E-state index contributed by atoms with van der Waals surface area (Å²) in [6.45, 7) is 2.31. The fourth-order valence-electron chi connectivity index (χ4n) is 2.88. The van der Waals surface area contributed by atoms with Crippen molar-refractivity contribution < 1.29 is 9.59 Å². The van der Waals surface area contributed by atoms with Crippen LogP contribution in [0.3, 0.4) is 0 Å². The van der Waals surface area contributed by atoms with Crippen LogP contribution < -0.4 is 10.6 Å². The van der Waals surface area contributed by atoms with Gasteiger partial charge in [-0.15, -0.1) is 0 Å². The molecule has 0 saturated heterocycles. The van der Waals surface area contributed by atoms with Gasteiger partial charge in [-0.3, -0.25) is 14.5 Å². The lowest BCUT2D eigenvalue weighted by atomic mass is 10.2. The Hall–Kier alpha value is -2.26. The van der Waals surface area contributed by atoms with Crippen LogP contribution in [0, 0.1) is 5.92 Å². The fourth-order valence-corrected chi connectivity index (χ4v) is 3.11. The number of pyridine rings is 1. The molecule has 1 aliphatic rings. The number of hydrogen-bond acceptors (Lipinski definition) is 5. The van der Waals surface area contributed by atoms with Gasteiger partial charge in [0, 0.05) is 16.7 Å². The first-order chi connectivity index (χ1) is 12.9. The van der Waals surface area contributed by atoms with E-state index in [1.165, 1.54) is 12.8 Å². The summed E-state index contributed by atoms with van der Waals surface area (Å²) in [6.07, 6.45) is 5.72. The molecule has 2 aromatic rings. The van der Waals surface area contributed by atoms with Gasteiger partial charge in [0.05, 0.1) is 25.3 Å². The van der Waals surface area contributed by atoms with Crippen LogP contribution in [0.4, 0.5) is 11.6 Å². The summed E-state index contributed by atoms with van der Waals surface area (Å²) in [5.41, 5.74) is 0. The maximum atomic E-state index is 12.3. The normalized spacial score (nSPS) is 14.8. The molecular formula is C18H23BrN6O2. The molecule has 2 amide bonds. The molecule has 1 atom stereocenters. The Morgan fingerprint density at radius 2 is 1.96 bits per heavy atom. The lowest BCUT2D eigenvalue weighted by Crippen LogP contribution is -2.36. The van der Waals surface area contributed by atoms with Crippen molar-refractivity contribution in [2.45, 2.75) is 25.8 Å². The maximum absolute atomic E-state index is 12.3. The van der Waals surface area contributed by atoms with Gasteiger partial charge in [0.15, 0.2) is 0 Å². The lowest BCUT2D eigenvalue weighted by Gasteiger charge is -2.18. The van der Waals surface area contributed by atoms with E-state index in [1.807, 2.05) is 4.68 Å². The minimum Gasteiger partial charge on any atom is -0.310 e. The number of hydrogen-bond donors (Lipinski definition) is 2. The third kappa shape index (κ3) is 5.61. The molecule has 0 aliphatic heterocycles. The standard InChI is InChI=1S/C18H23BrN6O2/c1-12(13-3-4-13)25-16(7-8-21-25)23-18(27)11-24(2)10-17(26)22-15-6-5-14(19)9-20-15/h5-9,12-13H,3-4,10-11H2,1-2H3,(H,23,27)(H,20,22,26). The van der Waals surface area contributed by atoms with Crippen molar-refractivity contribution in [3.63, 3.8) is 0 Å². The monoisotopic (exact) mass is 434 g/mol. The first-order valence-corrected chi connectivity index (χ1v) is 9.65. The molecular weight excluding hydrogens is 412 g/mol. The second kappa shape index (κ2) is 8.62. The van der Waals surface area contributed by atoms with Crippen LogP contribution in [0.2, 0.25) is 0 Å². The van der Waals surface area contributed by atoms with E-state index in [0.717, 1.165) is 4.47 Å². The molecule has 0 spiro atoms. The first-order valence-electron chi connectivity index (χ1n) is 8.85. The summed E-state index contributed by atoms with van der Waals surface area (Å²) in [5, 5.41) is 9.91. The van der Waals surface area contributed by atoms with E-state index in [2.05, 4.69) is 43.6 Å². The highest BCUT2D eigenvalue weighted by Gasteiger charge is 2.30. The smallest absolute Gasteiger partial charge is 0.239 e. The molecule has 1 saturated carbocycles. The van der Waals surface area contributed by atoms with E-state index in [4.69, 9.17) is 0 Å². The van der Waals surface area contributed by atoms with E-state index < -0.39 is 0 Å². The Balaban J connectivity index is 1.47. The summed E-state index contributed by atoms with van der Waals surface area (Å²) in [5.74, 6) is 1.39. The van der Waals surface area contributed by atoms with Crippen LogP contribution in [0.15, 0.2) is 35.1 Å². The van der Waals surface area contributed by atoms with Crippen molar-refractivity contribution in [1.82, 2.24) is 19.7 Å². The van der Waals surface area contributed by atoms with Gasteiger partial charge in [-0.2, -0.15) is 5.10 Å². The molecule has 0 radical (unpaired) electrons. The van der Waals surface area contributed by atoms with Crippen LogP contribution in [-0.4, -0.2) is 51.6 Å². The van der Waals surface area contributed by atoms with E-state index >= 15 is 0 Å². The van der Waals surface area contributed by atoms with Gasteiger partial charge in [0.25, 0.3) is 0 Å². The zero-order valence-corrected chi connectivity index (χ0v) is 16.9. The molecule has 144 valence electrons. The molecule has 0 aromatic carbocycles. The zero-order chi connectivity index (χ0) is 19.4. The van der Waals surface area contributed by atoms with Crippen molar-refractivity contribution >= 4 is 39.4 Å². The third-order valence-electron chi connectivity index (χ3n) is 4.45. The van der Waals surface area contributed by atoms with Crippen LogP contribution in [0.25, 0.3) is 0 Å². The SMILES string of the molecule is CC(C1CC1)n1nccc1NC(=O)CN(C)CC(=O)Nc1ccc(Br)cn1. The number of rotatable bonds is 8. The molecule has 1 aliphatic carbocycles. The predicted octanol–water partition coefficient (Wildman–Crippen LogP) is 2.52. The second-order valence-corrected chi connectivity index (χ2v) is 7.79. The van der Waals surface area contributed by atoms with Crippen molar-refractivity contribution in [1.29, 1.82) is 0 Å². The number of likely N-dealkylation sites (N-methyl/N-ethyl adjacent to an activating group) is 1. The number of halogens is 1. The summed E-state index contributed by atoms with van der Waals surface area (Å²) >= 11 is 3.29. The molecule has 3 rings (SSSR count). The number of carbonyl (C=O) groups is 2. The highest BCUT2D eigenvalue weighted by molar-refractivity contribution is 9.10. The molecule has 0 bridgehead atoms. The predicted molar refractivity (Wildman–Crippen MR) is 106 cm³/mol. The van der Waals surface area contributed by atoms with Gasteiger partial charge in [-0.25, -0.2) is 9.67 Å². The van der Waals surface area contributed by atoms with E-state index in [0.29, 0.717) is 17.6 Å². The van der Waals surface area contributed by atoms with Crippen LogP contribution in [-0.2, 0) is 9.59 Å². The number of anilines is 2. The van der Waals surface area contributed by atoms with Gasteiger partial charge >= 0.3 is 0 Å². The molecule has 27 heavy (non-hydrogen) atoms. The minimum atomic E-state index is -0.229. The number of nitrogens with zero attached hydrogens (tertiary/aromatic N) is 4. The number of nitrogens with one attached hydrogen (secondary N) is 2. The Bertz CT molecular complexity index is 802. The molecule has 8 nitrogen and oxygen atoms in total. The van der Waals surface area contributed by atoms with Gasteiger partial charge in [-0.05, 0) is 60.8 Å². The van der Waals surface area contributed by atoms with Gasteiger partial charge in [-0.1, -0.05) is 0 Å². The summed E-state index contributed by atoms with van der Waals surface area (Å²) in [7, 11) is 1.72. The lowest BCUT2D eigenvalue weighted by molar-refractivity contribution is -0.119. The minimum absolute atomic E-state index is 0.0862. The van der Waals surface area contributed by atoms with Gasteiger partial charge < -0.3 is 10.6 Å². The Morgan fingerprint density at radius 1 is 1.26 bits per heavy atom. The molecule has 2 aromatic heterocycles. The highest BCUT2D eigenvalue weighted by atomic mass is 79.9. The van der Waals surface area contributed by atoms with Crippen LogP contribution in [0.1, 0.15) is 25.8 Å². The van der Waals surface area contributed by atoms with E-state index in [1.54, 1.807) is 42.5 Å². The molecule has 1 fully saturated rings. The van der Waals surface area contributed by atoms with Crippen molar-refractivity contribution in [2.24, 2.45) is 5.92 Å². The van der Waals surface area contributed by atoms with E-state index in [9.17, 15) is 9.59 Å². The number of amides is 2. The quantitative estimate of drug-likeness (QED) is 0.665. The largest absolute Gasteiger partial charge is 0.310 e. The van der Waals surface area contributed by atoms with Crippen LogP contribution in [0.5, 0.6) is 0 Å². The van der Waals surface area contributed by atoms with Crippen molar-refractivity contribution in [3.8, 4) is 0 Å². The Morgan fingerprint density at radius 3 is 2.59 bits per heavy atom. The topological polar surface area (TPSA) is 92.2 Å². The van der Waals surface area contributed by atoms with Gasteiger partial charge in [0.1, 0.15) is 11.6 Å². The highest BCUT2D eigenvalue weighted by Crippen LogP contribution is 2.40. The summed E-state index contributed by atoms with van der Waals surface area (Å²) in [6, 6.07) is 5.57. The maximum Gasteiger partial charge on any atom is 0.239 e. The van der Waals surface area contributed by atoms with Crippen LogP contribution >= 0.6 is 15.9 Å². The van der Waals surface area contributed by atoms with E-state index in [-0.39, 0.29) is 30.9 Å². The number of carbonyl (C=O) groups excluding carboxylic acids is 2. The average molecular weight is 435 g/mol. The fraction of sp³-hybridized carbons (Fsp3) is 0.444. The average Bonchev–Trinajstić information content (AvgIpc) is 3.36. The molecule has 2 heterocycles. The Kier molecular flexibility index (Phi) is 6.22. The molecule has 9 heteroatoms.